The molecular weight excluding hydrogens is 242 g/mol. The molecule has 1 spiro atoms. The van der Waals surface area contributed by atoms with Crippen molar-refractivity contribution in [3.8, 4) is 0 Å². The first-order chi connectivity index (χ1) is 8.68. The second kappa shape index (κ2) is 4.99. The van der Waals surface area contributed by atoms with Gasteiger partial charge < -0.3 is 10.1 Å². The van der Waals surface area contributed by atoms with Crippen LogP contribution in [0.3, 0.4) is 0 Å². The molecule has 0 aromatic carbocycles. The normalized spacial score (nSPS) is 40.7. The molecule has 3 atom stereocenters. The fourth-order valence-electron chi connectivity index (χ4n) is 4.36. The molecule has 0 amide bonds. The van der Waals surface area contributed by atoms with Gasteiger partial charge in [0.15, 0.2) is 0 Å². The Kier molecular flexibility index (Phi) is 3.68. The SMILES string of the molecule is CNC(C1CCOC2(CCC2)C1)C1(C)CCCS1. The molecular formula is C15H27NOS. The second-order valence-corrected chi connectivity index (χ2v) is 8.30. The Labute approximate surface area is 116 Å². The third kappa shape index (κ3) is 2.23. The first-order valence-electron chi connectivity index (χ1n) is 7.63. The number of rotatable bonds is 3. The molecule has 2 nitrogen and oxygen atoms in total. The van der Waals surface area contributed by atoms with Crippen LogP contribution in [0.4, 0.5) is 0 Å². The van der Waals surface area contributed by atoms with Crippen molar-refractivity contribution in [1.82, 2.24) is 5.32 Å². The number of nitrogens with one attached hydrogen (secondary N) is 1. The molecule has 3 unspecified atom stereocenters. The van der Waals surface area contributed by atoms with E-state index in [0.29, 0.717) is 10.8 Å². The van der Waals surface area contributed by atoms with Crippen LogP contribution in [0.2, 0.25) is 0 Å². The van der Waals surface area contributed by atoms with Crippen molar-refractivity contribution in [2.45, 2.75) is 68.3 Å². The maximum atomic E-state index is 6.09. The average Bonchev–Trinajstić information content (AvgIpc) is 2.76. The predicted molar refractivity (Wildman–Crippen MR) is 78.2 cm³/mol. The summed E-state index contributed by atoms with van der Waals surface area (Å²) in [5.74, 6) is 2.17. The molecule has 1 aliphatic carbocycles. The highest BCUT2D eigenvalue weighted by atomic mass is 32.2. The molecule has 2 saturated heterocycles. The second-order valence-electron chi connectivity index (χ2n) is 6.67. The van der Waals surface area contributed by atoms with E-state index >= 15 is 0 Å². The molecule has 3 rings (SSSR count). The van der Waals surface area contributed by atoms with Crippen LogP contribution in [0.5, 0.6) is 0 Å². The fourth-order valence-corrected chi connectivity index (χ4v) is 5.89. The Morgan fingerprint density at radius 3 is 2.67 bits per heavy atom. The van der Waals surface area contributed by atoms with E-state index in [4.69, 9.17) is 4.74 Å². The van der Waals surface area contributed by atoms with Gasteiger partial charge in [-0.3, -0.25) is 0 Å². The smallest absolute Gasteiger partial charge is 0.0685 e. The molecule has 18 heavy (non-hydrogen) atoms. The van der Waals surface area contributed by atoms with Crippen LogP contribution in [0, 0.1) is 5.92 Å². The topological polar surface area (TPSA) is 21.3 Å². The van der Waals surface area contributed by atoms with Crippen LogP contribution in [0.25, 0.3) is 0 Å². The van der Waals surface area contributed by atoms with Gasteiger partial charge in [-0.15, -0.1) is 0 Å². The van der Waals surface area contributed by atoms with E-state index in [1.165, 1.54) is 50.7 Å². The van der Waals surface area contributed by atoms with Gasteiger partial charge in [0.1, 0.15) is 0 Å². The van der Waals surface area contributed by atoms with Crippen molar-refractivity contribution in [3.05, 3.63) is 0 Å². The molecule has 1 N–H and O–H groups in total. The molecule has 2 heterocycles. The molecule has 3 aliphatic rings. The molecule has 2 aliphatic heterocycles. The zero-order chi connectivity index (χ0) is 12.6. The summed E-state index contributed by atoms with van der Waals surface area (Å²) in [5, 5.41) is 3.66. The predicted octanol–water partition coefficient (Wildman–Crippen LogP) is 3.21. The molecule has 0 aromatic rings. The maximum absolute atomic E-state index is 6.09. The summed E-state index contributed by atoms with van der Waals surface area (Å²) in [6.07, 6.45) is 9.33. The summed E-state index contributed by atoms with van der Waals surface area (Å²) in [4.78, 5) is 0. The molecule has 104 valence electrons. The van der Waals surface area contributed by atoms with Crippen LogP contribution >= 0.6 is 11.8 Å². The Morgan fingerprint density at radius 1 is 1.28 bits per heavy atom. The van der Waals surface area contributed by atoms with Crippen LogP contribution in [-0.4, -0.2) is 35.8 Å². The Bertz CT molecular complexity index is 297. The van der Waals surface area contributed by atoms with E-state index in [1.807, 2.05) is 0 Å². The minimum atomic E-state index is 0.289. The average molecular weight is 269 g/mol. The van der Waals surface area contributed by atoms with Crippen LogP contribution in [0.1, 0.15) is 51.9 Å². The Hall–Kier alpha value is 0.270. The zero-order valence-electron chi connectivity index (χ0n) is 11.8. The molecule has 0 bridgehead atoms. The minimum absolute atomic E-state index is 0.289. The van der Waals surface area contributed by atoms with Crippen molar-refractivity contribution < 1.29 is 4.74 Å². The van der Waals surface area contributed by atoms with E-state index in [-0.39, 0.29) is 5.60 Å². The summed E-state index contributed by atoms with van der Waals surface area (Å²) >= 11 is 2.19. The maximum Gasteiger partial charge on any atom is 0.0685 e. The Morgan fingerprint density at radius 2 is 2.11 bits per heavy atom. The first kappa shape index (κ1) is 13.3. The lowest BCUT2D eigenvalue weighted by Crippen LogP contribution is -2.55. The number of ether oxygens (including phenoxy) is 1. The van der Waals surface area contributed by atoms with Crippen LogP contribution < -0.4 is 5.32 Å². The molecule has 3 fully saturated rings. The van der Waals surface area contributed by atoms with Gasteiger partial charge in [-0.25, -0.2) is 0 Å². The van der Waals surface area contributed by atoms with Crippen molar-refractivity contribution >= 4 is 11.8 Å². The van der Waals surface area contributed by atoms with E-state index in [9.17, 15) is 0 Å². The van der Waals surface area contributed by atoms with Gasteiger partial charge in [0.2, 0.25) is 0 Å². The highest BCUT2D eigenvalue weighted by molar-refractivity contribution is 8.00. The van der Waals surface area contributed by atoms with Gasteiger partial charge in [-0.2, -0.15) is 11.8 Å². The fraction of sp³-hybridized carbons (Fsp3) is 1.00. The van der Waals surface area contributed by atoms with E-state index in [0.717, 1.165) is 12.5 Å². The zero-order valence-corrected chi connectivity index (χ0v) is 12.7. The molecule has 0 aromatic heterocycles. The number of hydrogen-bond donors (Lipinski definition) is 1. The van der Waals surface area contributed by atoms with Gasteiger partial charge in [-0.1, -0.05) is 0 Å². The molecule has 3 heteroatoms. The molecule has 1 saturated carbocycles. The largest absolute Gasteiger partial charge is 0.375 e. The van der Waals surface area contributed by atoms with Gasteiger partial charge in [0.05, 0.1) is 5.60 Å². The third-order valence-corrected chi connectivity index (χ3v) is 7.10. The van der Waals surface area contributed by atoms with Gasteiger partial charge in [0, 0.05) is 17.4 Å². The first-order valence-corrected chi connectivity index (χ1v) is 8.61. The molecule has 0 radical (unpaired) electrons. The van der Waals surface area contributed by atoms with E-state index in [1.54, 1.807) is 0 Å². The van der Waals surface area contributed by atoms with Gasteiger partial charge >= 0.3 is 0 Å². The van der Waals surface area contributed by atoms with Crippen LogP contribution in [0.15, 0.2) is 0 Å². The van der Waals surface area contributed by atoms with Crippen LogP contribution in [-0.2, 0) is 4.74 Å². The summed E-state index contributed by atoms with van der Waals surface area (Å²) in [6.45, 7) is 3.47. The van der Waals surface area contributed by atoms with E-state index < -0.39 is 0 Å². The summed E-state index contributed by atoms with van der Waals surface area (Å²) < 4.78 is 6.55. The highest BCUT2D eigenvalue weighted by Gasteiger charge is 2.48. The third-order valence-electron chi connectivity index (χ3n) is 5.49. The summed E-state index contributed by atoms with van der Waals surface area (Å²) in [6, 6.07) is 0.673. The Balaban J connectivity index is 1.71. The van der Waals surface area contributed by atoms with E-state index in [2.05, 4.69) is 31.1 Å². The standard InChI is InChI=1S/C15H27NOS/c1-14(6-4-10-18-14)13(16-2)12-5-9-17-15(11-12)7-3-8-15/h12-13,16H,3-11H2,1-2H3. The minimum Gasteiger partial charge on any atom is -0.375 e. The highest BCUT2D eigenvalue weighted by Crippen LogP contribution is 2.49. The lowest BCUT2D eigenvalue weighted by molar-refractivity contribution is -0.148. The van der Waals surface area contributed by atoms with Crippen molar-refractivity contribution in [2.24, 2.45) is 5.92 Å². The van der Waals surface area contributed by atoms with Gasteiger partial charge in [0.25, 0.3) is 0 Å². The lowest BCUT2D eigenvalue weighted by atomic mass is 9.68. The van der Waals surface area contributed by atoms with Crippen molar-refractivity contribution in [2.75, 3.05) is 19.4 Å². The summed E-state index contributed by atoms with van der Waals surface area (Å²) in [7, 11) is 2.16. The quantitative estimate of drug-likeness (QED) is 0.850. The van der Waals surface area contributed by atoms with Crippen molar-refractivity contribution in [3.63, 3.8) is 0 Å². The number of thioether (sulfide) groups is 1. The number of hydrogen-bond acceptors (Lipinski definition) is 3. The lowest BCUT2D eigenvalue weighted by Gasteiger charge is -2.51. The summed E-state index contributed by atoms with van der Waals surface area (Å²) in [5.41, 5.74) is 0.289. The van der Waals surface area contributed by atoms with Gasteiger partial charge in [-0.05, 0) is 70.6 Å². The monoisotopic (exact) mass is 269 g/mol. The van der Waals surface area contributed by atoms with Crippen molar-refractivity contribution in [1.29, 1.82) is 0 Å².